The highest BCUT2D eigenvalue weighted by Gasteiger charge is 2.29. The number of methoxy groups -OCH3 is 8. The second-order valence-electron chi connectivity index (χ2n) is 6.21. The van der Waals surface area contributed by atoms with Gasteiger partial charge in [0.25, 0.3) is 0 Å². The van der Waals surface area contributed by atoms with Crippen molar-refractivity contribution in [3.05, 3.63) is 12.1 Å². The number of ether oxygens (including phenoxy) is 8. The maximum atomic E-state index is 5.86. The average molecular weight is 418 g/mol. The number of benzene rings is 3. The fourth-order valence-corrected chi connectivity index (χ4v) is 3.82. The van der Waals surface area contributed by atoms with Gasteiger partial charge in [-0.15, -0.1) is 0 Å². The molecule has 0 amide bonds. The van der Waals surface area contributed by atoms with Gasteiger partial charge in [0, 0.05) is 5.39 Å². The summed E-state index contributed by atoms with van der Waals surface area (Å²) in [5.74, 6) is 3.70. The predicted molar refractivity (Wildman–Crippen MR) is 114 cm³/mol. The molecule has 30 heavy (non-hydrogen) atoms. The van der Waals surface area contributed by atoms with Gasteiger partial charge >= 0.3 is 0 Å². The third-order valence-corrected chi connectivity index (χ3v) is 4.99. The van der Waals surface area contributed by atoms with E-state index in [0.717, 1.165) is 5.39 Å². The Labute approximate surface area is 175 Å². The quantitative estimate of drug-likeness (QED) is 0.507. The van der Waals surface area contributed by atoms with Crippen LogP contribution in [0, 0.1) is 0 Å². The van der Waals surface area contributed by atoms with Crippen molar-refractivity contribution in [2.24, 2.45) is 0 Å². The maximum absolute atomic E-state index is 5.86. The zero-order valence-corrected chi connectivity index (χ0v) is 18.4. The van der Waals surface area contributed by atoms with Crippen LogP contribution in [0.5, 0.6) is 46.0 Å². The number of rotatable bonds is 8. The first-order valence-electron chi connectivity index (χ1n) is 9.05. The molecule has 0 aliphatic rings. The summed E-state index contributed by atoms with van der Waals surface area (Å²) in [5, 5.41) is 2.84. The Hall–Kier alpha value is -3.42. The van der Waals surface area contributed by atoms with E-state index in [-0.39, 0.29) is 0 Å². The van der Waals surface area contributed by atoms with Crippen molar-refractivity contribution in [3.63, 3.8) is 0 Å². The Kier molecular flexibility index (Phi) is 6.05. The minimum Gasteiger partial charge on any atom is -0.495 e. The topological polar surface area (TPSA) is 73.8 Å². The van der Waals surface area contributed by atoms with Crippen molar-refractivity contribution in [1.82, 2.24) is 0 Å². The molecule has 0 radical (unpaired) electrons. The van der Waals surface area contributed by atoms with Crippen LogP contribution in [0.1, 0.15) is 0 Å². The van der Waals surface area contributed by atoms with E-state index in [1.807, 2.05) is 12.1 Å². The normalized spacial score (nSPS) is 10.7. The molecule has 0 atom stereocenters. The van der Waals surface area contributed by atoms with Crippen molar-refractivity contribution in [2.45, 2.75) is 0 Å². The Morgan fingerprint density at radius 3 is 1.33 bits per heavy atom. The summed E-state index contributed by atoms with van der Waals surface area (Å²) in [5.41, 5.74) is 0. The highest BCUT2D eigenvalue weighted by atomic mass is 16.5. The lowest BCUT2D eigenvalue weighted by Crippen LogP contribution is -2.02. The van der Waals surface area contributed by atoms with Crippen LogP contribution in [0.25, 0.3) is 21.5 Å². The fourth-order valence-electron chi connectivity index (χ4n) is 3.82. The molecule has 8 heteroatoms. The molecule has 0 N–H and O–H groups in total. The van der Waals surface area contributed by atoms with E-state index < -0.39 is 0 Å². The van der Waals surface area contributed by atoms with Crippen molar-refractivity contribution >= 4 is 21.5 Å². The van der Waals surface area contributed by atoms with Gasteiger partial charge in [-0.1, -0.05) is 0 Å². The lowest BCUT2D eigenvalue weighted by molar-refractivity contribution is 0.309. The Bertz CT molecular complexity index is 1090. The van der Waals surface area contributed by atoms with Gasteiger partial charge in [0.2, 0.25) is 17.2 Å². The Balaban J connectivity index is 2.70. The zero-order valence-electron chi connectivity index (χ0n) is 18.4. The van der Waals surface area contributed by atoms with E-state index in [4.69, 9.17) is 37.9 Å². The second kappa shape index (κ2) is 8.52. The molecule has 162 valence electrons. The number of hydrogen-bond donors (Lipinski definition) is 0. The molecule has 3 aromatic rings. The molecule has 8 nitrogen and oxygen atoms in total. The van der Waals surface area contributed by atoms with Crippen LogP contribution in [0.15, 0.2) is 12.1 Å². The van der Waals surface area contributed by atoms with Gasteiger partial charge in [-0.05, 0) is 17.5 Å². The molecule has 0 aliphatic heterocycles. The Morgan fingerprint density at radius 2 is 0.867 bits per heavy atom. The molecule has 0 bridgehead atoms. The molecule has 3 rings (SSSR count). The average Bonchev–Trinajstić information content (AvgIpc) is 2.79. The van der Waals surface area contributed by atoms with Gasteiger partial charge < -0.3 is 37.9 Å². The first kappa shape index (κ1) is 21.3. The summed E-state index contributed by atoms with van der Waals surface area (Å²) in [6, 6.07) is 3.78. The molecular formula is C22H26O8. The van der Waals surface area contributed by atoms with Crippen LogP contribution in [0.2, 0.25) is 0 Å². The van der Waals surface area contributed by atoms with Gasteiger partial charge in [0.15, 0.2) is 23.0 Å². The second-order valence-corrected chi connectivity index (χ2v) is 6.21. The summed E-state index contributed by atoms with van der Waals surface area (Å²) in [6.07, 6.45) is 0. The number of hydrogen-bond acceptors (Lipinski definition) is 8. The molecule has 0 saturated carbocycles. The monoisotopic (exact) mass is 418 g/mol. The molecule has 0 heterocycles. The summed E-state index contributed by atoms with van der Waals surface area (Å²) >= 11 is 0. The van der Waals surface area contributed by atoms with Gasteiger partial charge in [0.05, 0.1) is 67.7 Å². The van der Waals surface area contributed by atoms with Crippen molar-refractivity contribution in [3.8, 4) is 46.0 Å². The lowest BCUT2D eigenvalue weighted by atomic mass is 9.98. The van der Waals surface area contributed by atoms with E-state index in [2.05, 4.69) is 0 Å². The standard InChI is InChI=1S/C22H26O8/c1-23-13-10-11-9-12-15(18(26-4)14(11)19(27-5)17(13)25-3)20(28-6)22(30-8)21(29-7)16(12)24-2/h9-10H,1-8H3. The van der Waals surface area contributed by atoms with Crippen LogP contribution in [-0.4, -0.2) is 56.9 Å². The highest BCUT2D eigenvalue weighted by Crippen LogP contribution is 2.57. The van der Waals surface area contributed by atoms with Gasteiger partial charge in [0.1, 0.15) is 5.75 Å². The van der Waals surface area contributed by atoms with Crippen LogP contribution >= 0.6 is 0 Å². The SMILES string of the molecule is COc1cc2cc3c(OC)c(OC)c(OC)c(OC)c3c(OC)c2c(OC)c1OC. The van der Waals surface area contributed by atoms with E-state index in [0.29, 0.717) is 62.2 Å². The predicted octanol–water partition coefficient (Wildman–Crippen LogP) is 4.06. The smallest absolute Gasteiger partial charge is 0.208 e. The van der Waals surface area contributed by atoms with Crippen molar-refractivity contribution < 1.29 is 37.9 Å². The first-order chi connectivity index (χ1) is 14.6. The lowest BCUT2D eigenvalue weighted by Gasteiger charge is -2.22. The summed E-state index contributed by atoms with van der Waals surface area (Å²) in [7, 11) is 12.5. The minimum absolute atomic E-state index is 0.390. The van der Waals surface area contributed by atoms with Crippen LogP contribution in [0.3, 0.4) is 0 Å². The summed E-state index contributed by atoms with van der Waals surface area (Å²) in [4.78, 5) is 0. The maximum Gasteiger partial charge on any atom is 0.208 e. The molecule has 0 unspecified atom stereocenters. The van der Waals surface area contributed by atoms with Gasteiger partial charge in [-0.2, -0.15) is 0 Å². The summed E-state index contributed by atoms with van der Waals surface area (Å²) < 4.78 is 45.2. The third-order valence-electron chi connectivity index (χ3n) is 4.99. The third kappa shape index (κ3) is 2.91. The fraction of sp³-hybridized carbons (Fsp3) is 0.364. The van der Waals surface area contributed by atoms with Gasteiger partial charge in [-0.3, -0.25) is 0 Å². The van der Waals surface area contributed by atoms with Crippen LogP contribution in [0.4, 0.5) is 0 Å². The molecule has 0 aliphatic carbocycles. The van der Waals surface area contributed by atoms with E-state index in [1.54, 1.807) is 49.8 Å². The van der Waals surface area contributed by atoms with Gasteiger partial charge in [-0.25, -0.2) is 0 Å². The molecule has 3 aromatic carbocycles. The van der Waals surface area contributed by atoms with E-state index in [1.165, 1.54) is 7.11 Å². The van der Waals surface area contributed by atoms with Crippen molar-refractivity contribution in [2.75, 3.05) is 56.9 Å². The van der Waals surface area contributed by atoms with Crippen molar-refractivity contribution in [1.29, 1.82) is 0 Å². The molecule has 0 spiro atoms. The molecule has 0 aromatic heterocycles. The number of fused-ring (bicyclic) bond motifs is 2. The Morgan fingerprint density at radius 1 is 0.400 bits per heavy atom. The van der Waals surface area contributed by atoms with E-state index >= 15 is 0 Å². The van der Waals surface area contributed by atoms with E-state index in [9.17, 15) is 0 Å². The molecule has 0 fully saturated rings. The van der Waals surface area contributed by atoms with Crippen LogP contribution in [-0.2, 0) is 0 Å². The minimum atomic E-state index is 0.390. The largest absolute Gasteiger partial charge is 0.495 e. The first-order valence-corrected chi connectivity index (χ1v) is 9.05. The van der Waals surface area contributed by atoms with Crippen LogP contribution < -0.4 is 37.9 Å². The highest BCUT2D eigenvalue weighted by molar-refractivity contribution is 6.14. The molecule has 0 saturated heterocycles. The molecular weight excluding hydrogens is 392 g/mol. The zero-order chi connectivity index (χ0) is 22.0. The summed E-state index contributed by atoms with van der Waals surface area (Å²) in [6.45, 7) is 0.